The number of aryl methyl sites for hydroxylation is 1. The van der Waals surface area contributed by atoms with Crippen LogP contribution >= 0.6 is 0 Å². The van der Waals surface area contributed by atoms with E-state index in [0.29, 0.717) is 11.9 Å². The molecule has 1 aliphatic carbocycles. The molecule has 0 saturated heterocycles. The van der Waals surface area contributed by atoms with E-state index in [4.69, 9.17) is 0 Å². The van der Waals surface area contributed by atoms with E-state index in [1.807, 2.05) is 18.5 Å². The van der Waals surface area contributed by atoms with Crippen LogP contribution < -0.4 is 10.9 Å². The van der Waals surface area contributed by atoms with Crippen LogP contribution in [-0.2, 0) is 7.05 Å². The number of rotatable bonds is 4. The van der Waals surface area contributed by atoms with Gasteiger partial charge in [-0.1, -0.05) is 0 Å². The van der Waals surface area contributed by atoms with Crippen LogP contribution in [-0.4, -0.2) is 24.3 Å². The molecule has 1 saturated carbocycles. The maximum Gasteiger partial charge on any atom is 0.293 e. The Morgan fingerprint density at radius 3 is 2.89 bits per heavy atom. The SMILES string of the molecule is CC(Nc1nccn(C2CC2)c1=O)c1nncn1C. The van der Waals surface area contributed by atoms with Crippen LogP contribution in [0.15, 0.2) is 23.5 Å². The Bertz CT molecular complexity index is 642. The van der Waals surface area contributed by atoms with Gasteiger partial charge in [0.25, 0.3) is 5.56 Å². The van der Waals surface area contributed by atoms with Gasteiger partial charge in [0.05, 0.1) is 6.04 Å². The quantitative estimate of drug-likeness (QED) is 0.883. The minimum absolute atomic E-state index is 0.0704. The maximum atomic E-state index is 12.2. The van der Waals surface area contributed by atoms with Crippen molar-refractivity contribution in [2.24, 2.45) is 7.05 Å². The average molecular weight is 260 g/mol. The molecule has 1 N–H and O–H groups in total. The highest BCUT2D eigenvalue weighted by molar-refractivity contribution is 5.33. The largest absolute Gasteiger partial charge is 0.356 e. The summed E-state index contributed by atoms with van der Waals surface area (Å²) in [6.45, 7) is 1.93. The van der Waals surface area contributed by atoms with E-state index < -0.39 is 0 Å². The highest BCUT2D eigenvalue weighted by Gasteiger charge is 2.25. The summed E-state index contributed by atoms with van der Waals surface area (Å²) in [7, 11) is 1.87. The van der Waals surface area contributed by atoms with Crippen molar-refractivity contribution in [3.63, 3.8) is 0 Å². The van der Waals surface area contributed by atoms with E-state index in [0.717, 1.165) is 18.7 Å². The molecule has 0 spiro atoms. The van der Waals surface area contributed by atoms with Crippen LogP contribution in [0, 0.1) is 0 Å². The van der Waals surface area contributed by atoms with Gasteiger partial charge in [-0.25, -0.2) is 4.98 Å². The van der Waals surface area contributed by atoms with E-state index in [1.54, 1.807) is 23.3 Å². The molecule has 2 heterocycles. The minimum Gasteiger partial charge on any atom is -0.356 e. The highest BCUT2D eigenvalue weighted by Crippen LogP contribution is 2.33. The predicted molar refractivity (Wildman–Crippen MR) is 69.8 cm³/mol. The second-order valence-electron chi connectivity index (χ2n) is 4.89. The van der Waals surface area contributed by atoms with Gasteiger partial charge in [0, 0.05) is 25.5 Å². The third-order valence-electron chi connectivity index (χ3n) is 3.30. The summed E-state index contributed by atoms with van der Waals surface area (Å²) in [4.78, 5) is 16.4. The van der Waals surface area contributed by atoms with Crippen molar-refractivity contribution < 1.29 is 0 Å². The van der Waals surface area contributed by atoms with Crippen molar-refractivity contribution >= 4 is 5.82 Å². The summed E-state index contributed by atoms with van der Waals surface area (Å²) < 4.78 is 3.57. The van der Waals surface area contributed by atoms with E-state index in [1.165, 1.54) is 0 Å². The molecule has 19 heavy (non-hydrogen) atoms. The van der Waals surface area contributed by atoms with Crippen molar-refractivity contribution in [3.05, 3.63) is 34.9 Å². The lowest BCUT2D eigenvalue weighted by Crippen LogP contribution is -2.25. The van der Waals surface area contributed by atoms with Crippen LogP contribution in [0.3, 0.4) is 0 Å². The van der Waals surface area contributed by atoms with E-state index in [9.17, 15) is 4.79 Å². The summed E-state index contributed by atoms with van der Waals surface area (Å²) in [5.74, 6) is 1.13. The maximum absolute atomic E-state index is 12.2. The summed E-state index contributed by atoms with van der Waals surface area (Å²) >= 11 is 0. The number of anilines is 1. The summed E-state index contributed by atoms with van der Waals surface area (Å²) in [6.07, 6.45) is 7.18. The van der Waals surface area contributed by atoms with Crippen LogP contribution in [0.25, 0.3) is 0 Å². The third-order valence-corrected chi connectivity index (χ3v) is 3.30. The zero-order valence-electron chi connectivity index (χ0n) is 10.9. The van der Waals surface area contributed by atoms with E-state index >= 15 is 0 Å². The van der Waals surface area contributed by atoms with Gasteiger partial charge in [-0.3, -0.25) is 4.79 Å². The molecule has 0 aliphatic heterocycles. The fourth-order valence-corrected chi connectivity index (χ4v) is 2.12. The molecule has 0 bridgehead atoms. The molecular weight excluding hydrogens is 244 g/mol. The number of aromatic nitrogens is 5. The molecule has 100 valence electrons. The third kappa shape index (κ3) is 2.23. The first-order chi connectivity index (χ1) is 9.16. The molecule has 1 unspecified atom stereocenters. The molecule has 7 nitrogen and oxygen atoms in total. The average Bonchev–Trinajstić information content (AvgIpc) is 3.14. The topological polar surface area (TPSA) is 77.6 Å². The zero-order valence-corrected chi connectivity index (χ0v) is 10.9. The standard InChI is InChI=1S/C12H16N6O/c1-8(11-16-14-7-17(11)2)15-10-12(19)18(6-5-13-10)9-3-4-9/h5-9H,3-4H2,1-2H3,(H,13,15). The molecule has 1 fully saturated rings. The van der Waals surface area contributed by atoms with Crippen LogP contribution in [0.4, 0.5) is 5.82 Å². The number of hydrogen-bond acceptors (Lipinski definition) is 5. The van der Waals surface area contributed by atoms with Crippen LogP contribution in [0.1, 0.15) is 37.7 Å². The van der Waals surface area contributed by atoms with Gasteiger partial charge in [-0.2, -0.15) is 0 Å². The monoisotopic (exact) mass is 260 g/mol. The molecule has 0 amide bonds. The second kappa shape index (κ2) is 4.49. The number of hydrogen-bond donors (Lipinski definition) is 1. The second-order valence-corrected chi connectivity index (χ2v) is 4.89. The van der Waals surface area contributed by atoms with Crippen LogP contribution in [0.5, 0.6) is 0 Å². The molecular formula is C12H16N6O. The summed E-state index contributed by atoms with van der Waals surface area (Å²) in [5.41, 5.74) is -0.0704. The Hall–Kier alpha value is -2.18. The lowest BCUT2D eigenvalue weighted by molar-refractivity contribution is 0.683. The lowest BCUT2D eigenvalue weighted by atomic mass is 10.3. The van der Waals surface area contributed by atoms with E-state index in [2.05, 4.69) is 20.5 Å². The smallest absolute Gasteiger partial charge is 0.293 e. The Morgan fingerprint density at radius 1 is 1.47 bits per heavy atom. The first-order valence-corrected chi connectivity index (χ1v) is 6.34. The van der Waals surface area contributed by atoms with Crippen molar-refractivity contribution in [1.82, 2.24) is 24.3 Å². The van der Waals surface area contributed by atoms with E-state index in [-0.39, 0.29) is 11.6 Å². The Balaban J connectivity index is 1.85. The van der Waals surface area contributed by atoms with Crippen molar-refractivity contribution in [2.75, 3.05) is 5.32 Å². The Labute approximate surface area is 110 Å². The minimum atomic E-state index is -0.122. The van der Waals surface area contributed by atoms with Crippen molar-refractivity contribution in [2.45, 2.75) is 31.8 Å². The van der Waals surface area contributed by atoms with Gasteiger partial charge in [0.2, 0.25) is 0 Å². The fourth-order valence-electron chi connectivity index (χ4n) is 2.12. The molecule has 1 atom stereocenters. The van der Waals surface area contributed by atoms with Crippen molar-refractivity contribution in [3.8, 4) is 0 Å². The van der Waals surface area contributed by atoms with Gasteiger partial charge in [0.15, 0.2) is 11.6 Å². The van der Waals surface area contributed by atoms with Gasteiger partial charge >= 0.3 is 0 Å². The number of nitrogens with one attached hydrogen (secondary N) is 1. The van der Waals surface area contributed by atoms with Gasteiger partial charge in [0.1, 0.15) is 6.33 Å². The van der Waals surface area contributed by atoms with Gasteiger partial charge < -0.3 is 14.5 Å². The van der Waals surface area contributed by atoms with Crippen molar-refractivity contribution in [1.29, 1.82) is 0 Å². The van der Waals surface area contributed by atoms with Gasteiger partial charge in [-0.05, 0) is 19.8 Å². The predicted octanol–water partition coefficient (Wildman–Crippen LogP) is 0.880. The molecule has 3 rings (SSSR count). The molecule has 2 aromatic heterocycles. The highest BCUT2D eigenvalue weighted by atomic mass is 16.1. The molecule has 1 aliphatic rings. The van der Waals surface area contributed by atoms with Gasteiger partial charge in [-0.15, -0.1) is 10.2 Å². The lowest BCUT2D eigenvalue weighted by Gasteiger charge is -2.14. The Kier molecular flexibility index (Phi) is 2.81. The van der Waals surface area contributed by atoms with Crippen LogP contribution in [0.2, 0.25) is 0 Å². The molecule has 7 heteroatoms. The Morgan fingerprint density at radius 2 is 2.26 bits per heavy atom. The molecule has 0 radical (unpaired) electrons. The number of nitrogens with zero attached hydrogens (tertiary/aromatic N) is 5. The normalized spacial score (nSPS) is 16.3. The first-order valence-electron chi connectivity index (χ1n) is 6.34. The molecule has 0 aromatic carbocycles. The fraction of sp³-hybridized carbons (Fsp3) is 0.500. The summed E-state index contributed by atoms with van der Waals surface area (Å²) in [6, 6.07) is 0.226. The zero-order chi connectivity index (χ0) is 13.4. The summed E-state index contributed by atoms with van der Waals surface area (Å²) in [5, 5.41) is 11.0. The first kappa shape index (κ1) is 11.9. The molecule has 2 aromatic rings.